The van der Waals surface area contributed by atoms with Gasteiger partial charge in [-0.1, -0.05) is 199 Å². The van der Waals surface area contributed by atoms with E-state index in [-0.39, 0.29) is 32.2 Å². The summed E-state index contributed by atoms with van der Waals surface area (Å²) in [5.74, 6) is -2.00. The fourth-order valence-corrected chi connectivity index (χ4v) is 7.30. The van der Waals surface area contributed by atoms with E-state index in [2.05, 4.69) is 26.0 Å². The third-order valence-electron chi connectivity index (χ3n) is 11.3. The molecule has 354 valence electrons. The molecule has 0 spiro atoms. The molecule has 0 aromatic rings. The van der Waals surface area contributed by atoms with Crippen molar-refractivity contribution in [1.29, 1.82) is 0 Å². The number of likely N-dealkylation sites (N-methyl/N-ethyl adjacent to an activating group) is 1. The van der Waals surface area contributed by atoms with Crippen molar-refractivity contribution in [2.45, 2.75) is 251 Å². The predicted molar refractivity (Wildman–Crippen MR) is 249 cm³/mol. The number of carboxylic acid groups (broad SMARTS) is 1. The Kier molecular flexibility index (Phi) is 42.2. The lowest BCUT2D eigenvalue weighted by molar-refractivity contribution is -0.870. The van der Waals surface area contributed by atoms with Gasteiger partial charge >= 0.3 is 17.9 Å². The SMILES string of the molecule is CCCCCCCC/C=C\CCCCCCCC(=O)OC(COC(=O)CCCCCCCCCCCCCCCCCCCCCC)COC(OCC[N+](C)(C)C)C(=O)O. The Bertz CT molecular complexity index is 996. The van der Waals surface area contributed by atoms with Crippen LogP contribution in [0.4, 0.5) is 0 Å². The van der Waals surface area contributed by atoms with E-state index in [1.54, 1.807) is 0 Å². The first kappa shape index (κ1) is 58.0. The van der Waals surface area contributed by atoms with Crippen LogP contribution in [-0.4, -0.2) is 87.4 Å². The summed E-state index contributed by atoms with van der Waals surface area (Å²) < 4.78 is 22.8. The number of unbranched alkanes of at least 4 members (excludes halogenated alkanes) is 30. The minimum atomic E-state index is -1.51. The fraction of sp³-hybridized carbons (Fsp3) is 0.902. The van der Waals surface area contributed by atoms with Crippen molar-refractivity contribution in [2.24, 2.45) is 0 Å². The largest absolute Gasteiger partial charge is 0.477 e. The Morgan fingerprint density at radius 2 is 0.850 bits per heavy atom. The number of quaternary nitrogens is 1. The normalized spacial score (nSPS) is 12.9. The fourth-order valence-electron chi connectivity index (χ4n) is 7.30. The van der Waals surface area contributed by atoms with Gasteiger partial charge in [0.25, 0.3) is 6.29 Å². The Balaban J connectivity index is 4.30. The molecule has 1 N–H and O–H groups in total. The maximum absolute atomic E-state index is 12.8. The number of nitrogens with zero attached hydrogens (tertiary/aromatic N) is 1. The molecule has 60 heavy (non-hydrogen) atoms. The molecule has 0 saturated carbocycles. The first-order chi connectivity index (χ1) is 29.1. The highest BCUT2D eigenvalue weighted by Gasteiger charge is 2.25. The van der Waals surface area contributed by atoms with Crippen LogP contribution in [-0.2, 0) is 33.3 Å². The van der Waals surface area contributed by atoms with Crippen LogP contribution in [0.25, 0.3) is 0 Å². The molecule has 9 heteroatoms. The molecule has 0 heterocycles. The highest BCUT2D eigenvalue weighted by Crippen LogP contribution is 2.16. The van der Waals surface area contributed by atoms with Crippen molar-refractivity contribution < 1.29 is 42.9 Å². The molecule has 0 aliphatic carbocycles. The van der Waals surface area contributed by atoms with Gasteiger partial charge in [-0.15, -0.1) is 0 Å². The molecule has 0 rings (SSSR count). The average Bonchev–Trinajstić information content (AvgIpc) is 3.21. The van der Waals surface area contributed by atoms with Gasteiger partial charge in [0.2, 0.25) is 0 Å². The molecule has 0 aliphatic rings. The van der Waals surface area contributed by atoms with Crippen LogP contribution in [0.15, 0.2) is 12.2 Å². The molecule has 0 amide bonds. The zero-order valence-corrected chi connectivity index (χ0v) is 40.1. The predicted octanol–water partition coefficient (Wildman–Crippen LogP) is 13.8. The molecule has 0 aromatic heterocycles. The number of aliphatic carboxylic acids is 1. The molecule has 9 nitrogen and oxygen atoms in total. The number of carboxylic acids is 1. The summed E-state index contributed by atoms with van der Waals surface area (Å²) >= 11 is 0. The van der Waals surface area contributed by atoms with E-state index < -0.39 is 24.3 Å². The van der Waals surface area contributed by atoms with Crippen molar-refractivity contribution in [3.05, 3.63) is 12.2 Å². The summed E-state index contributed by atoms with van der Waals surface area (Å²) in [5.41, 5.74) is 0. The smallest absolute Gasteiger partial charge is 0.361 e. The van der Waals surface area contributed by atoms with Crippen molar-refractivity contribution in [3.63, 3.8) is 0 Å². The number of hydrogen-bond acceptors (Lipinski definition) is 7. The molecule has 0 aromatic carbocycles. The zero-order chi connectivity index (χ0) is 44.2. The molecule has 0 aliphatic heterocycles. The van der Waals surface area contributed by atoms with Gasteiger partial charge < -0.3 is 28.5 Å². The van der Waals surface area contributed by atoms with Gasteiger partial charge in [0.15, 0.2) is 6.10 Å². The summed E-state index contributed by atoms with van der Waals surface area (Å²) in [4.78, 5) is 37.2. The Labute approximate surface area is 370 Å². The minimum absolute atomic E-state index is 0.179. The Morgan fingerprint density at radius 1 is 0.483 bits per heavy atom. The van der Waals surface area contributed by atoms with Gasteiger partial charge in [-0.2, -0.15) is 0 Å². The van der Waals surface area contributed by atoms with Crippen molar-refractivity contribution in [3.8, 4) is 0 Å². The van der Waals surface area contributed by atoms with Crippen LogP contribution in [0, 0.1) is 0 Å². The van der Waals surface area contributed by atoms with E-state index in [1.165, 1.54) is 154 Å². The number of rotatable bonds is 47. The summed E-state index contributed by atoms with van der Waals surface area (Å²) in [6.07, 6.45) is 44.1. The van der Waals surface area contributed by atoms with Gasteiger partial charge in [-0.05, 0) is 38.5 Å². The van der Waals surface area contributed by atoms with Crippen LogP contribution in [0.3, 0.4) is 0 Å². The van der Waals surface area contributed by atoms with Crippen LogP contribution in [0.1, 0.15) is 239 Å². The second-order valence-electron chi connectivity index (χ2n) is 18.5. The average molecular weight is 853 g/mol. The summed E-state index contributed by atoms with van der Waals surface area (Å²) in [6, 6.07) is 0. The van der Waals surface area contributed by atoms with Crippen LogP contribution >= 0.6 is 0 Å². The molecular weight excluding hydrogens is 755 g/mol. The first-order valence-corrected chi connectivity index (χ1v) is 25.4. The standard InChI is InChI=1S/C51H97NO8/c1-6-8-10-12-14-16-18-20-22-23-24-25-26-28-29-31-33-35-37-39-41-48(53)58-45-47(46-59-51(50(55)56)57-44-43-52(3,4)5)60-49(54)42-40-38-36-34-32-30-27-21-19-17-15-13-11-9-7-2/h21,27,47,51H,6-20,22-26,28-46H2,1-5H3/p+1/b27-21-. The molecule has 0 fully saturated rings. The molecule has 0 saturated heterocycles. The molecule has 0 radical (unpaired) electrons. The number of ether oxygens (including phenoxy) is 4. The van der Waals surface area contributed by atoms with E-state index in [4.69, 9.17) is 18.9 Å². The summed E-state index contributed by atoms with van der Waals surface area (Å²) in [5, 5.41) is 9.66. The minimum Gasteiger partial charge on any atom is -0.477 e. The van der Waals surface area contributed by atoms with Crippen molar-refractivity contribution >= 4 is 17.9 Å². The number of esters is 2. The van der Waals surface area contributed by atoms with Gasteiger partial charge in [-0.25, -0.2) is 4.79 Å². The number of carbonyl (C=O) groups is 3. The van der Waals surface area contributed by atoms with E-state index in [1.807, 2.05) is 21.1 Å². The van der Waals surface area contributed by atoms with Gasteiger partial charge in [-0.3, -0.25) is 9.59 Å². The van der Waals surface area contributed by atoms with E-state index in [0.717, 1.165) is 51.4 Å². The van der Waals surface area contributed by atoms with Gasteiger partial charge in [0.05, 0.1) is 34.4 Å². The van der Waals surface area contributed by atoms with Crippen molar-refractivity contribution in [1.82, 2.24) is 0 Å². The number of allylic oxidation sites excluding steroid dienone is 2. The first-order valence-electron chi connectivity index (χ1n) is 25.4. The van der Waals surface area contributed by atoms with E-state index in [9.17, 15) is 19.5 Å². The number of carbonyl (C=O) groups excluding carboxylic acids is 2. The third kappa shape index (κ3) is 44.1. The van der Waals surface area contributed by atoms with Crippen LogP contribution < -0.4 is 0 Å². The molecule has 0 bridgehead atoms. The quantitative estimate of drug-likeness (QED) is 0.0212. The molecule has 2 unspecified atom stereocenters. The van der Waals surface area contributed by atoms with Gasteiger partial charge in [0.1, 0.15) is 13.2 Å². The van der Waals surface area contributed by atoms with Crippen molar-refractivity contribution in [2.75, 3.05) is 47.5 Å². The zero-order valence-electron chi connectivity index (χ0n) is 40.1. The maximum Gasteiger partial charge on any atom is 0.361 e. The lowest BCUT2D eigenvalue weighted by atomic mass is 10.0. The maximum atomic E-state index is 12.8. The van der Waals surface area contributed by atoms with Gasteiger partial charge in [0, 0.05) is 12.8 Å². The number of hydrogen-bond donors (Lipinski definition) is 1. The lowest BCUT2D eigenvalue weighted by Crippen LogP contribution is -2.40. The summed E-state index contributed by atoms with van der Waals surface area (Å²) in [7, 11) is 5.96. The third-order valence-corrected chi connectivity index (χ3v) is 11.3. The van der Waals surface area contributed by atoms with E-state index >= 15 is 0 Å². The second-order valence-corrected chi connectivity index (χ2v) is 18.5. The Morgan fingerprint density at radius 3 is 1.23 bits per heavy atom. The molecule has 2 atom stereocenters. The highest BCUT2D eigenvalue weighted by molar-refractivity contribution is 5.71. The van der Waals surface area contributed by atoms with Crippen LogP contribution in [0.5, 0.6) is 0 Å². The summed E-state index contributed by atoms with van der Waals surface area (Å²) in [6.45, 7) is 4.89. The second kappa shape index (κ2) is 43.7. The lowest BCUT2D eigenvalue weighted by Gasteiger charge is -2.25. The topological polar surface area (TPSA) is 108 Å². The van der Waals surface area contributed by atoms with Crippen LogP contribution in [0.2, 0.25) is 0 Å². The van der Waals surface area contributed by atoms with E-state index in [0.29, 0.717) is 23.9 Å². The molecular formula is C51H98NO8+. The monoisotopic (exact) mass is 853 g/mol. The Hall–Kier alpha value is -1.97. The highest BCUT2D eigenvalue weighted by atomic mass is 16.7.